The number of imide groups is 1. The summed E-state index contributed by atoms with van der Waals surface area (Å²) >= 11 is 0. The van der Waals surface area contributed by atoms with Crippen molar-refractivity contribution in [2.24, 2.45) is 0 Å². The number of benzene rings is 2. The van der Waals surface area contributed by atoms with E-state index >= 15 is 0 Å². The molecule has 0 spiro atoms. The third-order valence-electron chi connectivity index (χ3n) is 4.39. The Hall–Kier alpha value is -3.52. The van der Waals surface area contributed by atoms with Crippen LogP contribution in [0.1, 0.15) is 26.4 Å². The minimum Gasteiger partial charge on any atom is -0.280 e. The van der Waals surface area contributed by atoms with Crippen molar-refractivity contribution in [1.82, 2.24) is 4.98 Å². The van der Waals surface area contributed by atoms with E-state index in [0.717, 1.165) is 4.90 Å². The molecule has 2 amide bonds. The Kier molecular flexibility index (Phi) is 4.20. The van der Waals surface area contributed by atoms with Gasteiger partial charge in [0.05, 0.1) is 21.8 Å². The number of aryl methyl sites for hydroxylation is 1. The van der Waals surface area contributed by atoms with Crippen LogP contribution < -0.4 is 9.62 Å². The van der Waals surface area contributed by atoms with Crippen LogP contribution in [0.2, 0.25) is 0 Å². The quantitative estimate of drug-likeness (QED) is 0.688. The normalized spacial score (nSPS) is 13.5. The maximum atomic E-state index is 12.7. The van der Waals surface area contributed by atoms with Gasteiger partial charge in [-0.25, -0.2) is 13.3 Å². The topological polar surface area (TPSA) is 96.4 Å². The second-order valence-corrected chi connectivity index (χ2v) is 7.92. The molecule has 28 heavy (non-hydrogen) atoms. The number of nitrogens with one attached hydrogen (secondary N) is 1. The Bertz CT molecular complexity index is 1190. The molecule has 140 valence electrons. The van der Waals surface area contributed by atoms with Gasteiger partial charge in [-0.05, 0) is 48.9 Å². The van der Waals surface area contributed by atoms with Crippen LogP contribution in [-0.4, -0.2) is 25.2 Å². The minimum absolute atomic E-state index is 0.0818. The van der Waals surface area contributed by atoms with Crippen LogP contribution in [0.25, 0.3) is 0 Å². The Morgan fingerprint density at radius 3 is 2.46 bits per heavy atom. The molecular formula is C20H15N3O4S. The van der Waals surface area contributed by atoms with E-state index in [9.17, 15) is 18.0 Å². The number of aromatic nitrogens is 1. The average Bonchev–Trinajstić information content (AvgIpc) is 2.93. The molecule has 7 nitrogen and oxygen atoms in total. The van der Waals surface area contributed by atoms with Gasteiger partial charge < -0.3 is 0 Å². The van der Waals surface area contributed by atoms with E-state index in [-0.39, 0.29) is 27.5 Å². The molecular weight excluding hydrogens is 378 g/mol. The van der Waals surface area contributed by atoms with Crippen molar-refractivity contribution in [3.05, 3.63) is 83.7 Å². The van der Waals surface area contributed by atoms with Crippen LogP contribution in [-0.2, 0) is 10.0 Å². The zero-order valence-electron chi connectivity index (χ0n) is 14.8. The molecule has 1 aromatic heterocycles. The third kappa shape index (κ3) is 2.93. The van der Waals surface area contributed by atoms with Crippen molar-refractivity contribution in [1.29, 1.82) is 0 Å². The molecule has 0 fully saturated rings. The first kappa shape index (κ1) is 17.9. The van der Waals surface area contributed by atoms with Gasteiger partial charge in [0.2, 0.25) is 0 Å². The van der Waals surface area contributed by atoms with Gasteiger partial charge in [-0.15, -0.1) is 0 Å². The molecule has 0 saturated heterocycles. The molecule has 0 unspecified atom stereocenters. The monoisotopic (exact) mass is 393 g/mol. The number of carbonyl (C=O) groups excluding carboxylic acids is 2. The summed E-state index contributed by atoms with van der Waals surface area (Å²) < 4.78 is 27.9. The molecule has 2 heterocycles. The highest BCUT2D eigenvalue weighted by molar-refractivity contribution is 7.92. The van der Waals surface area contributed by atoms with Crippen molar-refractivity contribution in [3.63, 3.8) is 0 Å². The van der Waals surface area contributed by atoms with Crippen molar-refractivity contribution < 1.29 is 18.0 Å². The number of amides is 2. The van der Waals surface area contributed by atoms with E-state index in [1.807, 2.05) is 0 Å². The SMILES string of the molecule is Cc1ccccc1S(=O)(=O)Nc1cccc(N2C(=O)c3cccnc3C2=O)c1. The number of fused-ring (bicyclic) bond motifs is 1. The molecule has 2 aromatic carbocycles. The number of carbonyl (C=O) groups is 2. The number of pyridine rings is 1. The van der Waals surface area contributed by atoms with E-state index in [0.29, 0.717) is 5.56 Å². The fraction of sp³-hybridized carbons (Fsp3) is 0.0500. The molecule has 1 aliphatic rings. The molecule has 1 aliphatic heterocycles. The van der Waals surface area contributed by atoms with Crippen molar-refractivity contribution in [2.45, 2.75) is 11.8 Å². The average molecular weight is 393 g/mol. The summed E-state index contributed by atoms with van der Waals surface area (Å²) in [4.78, 5) is 30.3. The zero-order chi connectivity index (χ0) is 19.9. The molecule has 0 bridgehead atoms. The largest absolute Gasteiger partial charge is 0.284 e. The Labute approximate surface area is 161 Å². The lowest BCUT2D eigenvalue weighted by atomic mass is 10.2. The lowest BCUT2D eigenvalue weighted by Gasteiger charge is -2.16. The van der Waals surface area contributed by atoms with Crippen LogP contribution >= 0.6 is 0 Å². The van der Waals surface area contributed by atoms with Gasteiger partial charge in [-0.2, -0.15) is 0 Å². The maximum Gasteiger partial charge on any atom is 0.284 e. The highest BCUT2D eigenvalue weighted by Gasteiger charge is 2.37. The molecule has 3 aromatic rings. The van der Waals surface area contributed by atoms with E-state index in [2.05, 4.69) is 9.71 Å². The predicted octanol–water partition coefficient (Wildman–Crippen LogP) is 2.99. The molecule has 0 radical (unpaired) electrons. The molecule has 8 heteroatoms. The van der Waals surface area contributed by atoms with E-state index in [1.165, 1.54) is 24.4 Å². The van der Waals surface area contributed by atoms with Crippen molar-refractivity contribution >= 4 is 33.2 Å². The highest BCUT2D eigenvalue weighted by Crippen LogP contribution is 2.29. The molecule has 0 atom stereocenters. The number of rotatable bonds is 4. The summed E-state index contributed by atoms with van der Waals surface area (Å²) in [6, 6.07) is 15.9. The van der Waals surface area contributed by atoms with Gasteiger partial charge in [0.1, 0.15) is 5.69 Å². The summed E-state index contributed by atoms with van der Waals surface area (Å²) in [6.07, 6.45) is 1.44. The van der Waals surface area contributed by atoms with Gasteiger partial charge in [0.25, 0.3) is 21.8 Å². The third-order valence-corrected chi connectivity index (χ3v) is 5.93. The van der Waals surface area contributed by atoms with Crippen molar-refractivity contribution in [2.75, 3.05) is 9.62 Å². The van der Waals surface area contributed by atoms with Gasteiger partial charge in [-0.3, -0.25) is 19.3 Å². The van der Waals surface area contributed by atoms with E-state index in [1.54, 1.807) is 49.4 Å². The Balaban J connectivity index is 1.68. The summed E-state index contributed by atoms with van der Waals surface area (Å²) in [5, 5.41) is 0. The minimum atomic E-state index is -3.82. The van der Waals surface area contributed by atoms with Crippen molar-refractivity contribution in [3.8, 4) is 0 Å². The highest BCUT2D eigenvalue weighted by atomic mass is 32.2. The fourth-order valence-corrected chi connectivity index (χ4v) is 4.37. The summed E-state index contributed by atoms with van der Waals surface area (Å²) in [6.45, 7) is 1.71. The van der Waals surface area contributed by atoms with E-state index < -0.39 is 21.8 Å². The summed E-state index contributed by atoms with van der Waals surface area (Å²) in [5.74, 6) is -1.04. The summed E-state index contributed by atoms with van der Waals surface area (Å²) in [5.41, 5.74) is 1.41. The first-order valence-corrected chi connectivity index (χ1v) is 9.89. The van der Waals surface area contributed by atoms with Gasteiger partial charge in [-0.1, -0.05) is 24.3 Å². The first-order valence-electron chi connectivity index (χ1n) is 8.41. The number of sulfonamides is 1. The molecule has 4 rings (SSSR count). The fourth-order valence-electron chi connectivity index (χ4n) is 3.08. The van der Waals surface area contributed by atoms with Crippen LogP contribution in [0.5, 0.6) is 0 Å². The smallest absolute Gasteiger partial charge is 0.280 e. The van der Waals surface area contributed by atoms with E-state index in [4.69, 9.17) is 0 Å². The maximum absolute atomic E-state index is 12.7. The second-order valence-electron chi connectivity index (χ2n) is 6.27. The molecule has 1 N–H and O–H groups in total. The van der Waals surface area contributed by atoms with Gasteiger partial charge in [0, 0.05) is 6.20 Å². The van der Waals surface area contributed by atoms with Crippen LogP contribution in [0, 0.1) is 6.92 Å². The van der Waals surface area contributed by atoms with Crippen LogP contribution in [0.3, 0.4) is 0 Å². The number of hydrogen-bond donors (Lipinski definition) is 1. The van der Waals surface area contributed by atoms with Gasteiger partial charge >= 0.3 is 0 Å². The number of anilines is 2. The predicted molar refractivity (Wildman–Crippen MR) is 104 cm³/mol. The lowest BCUT2D eigenvalue weighted by molar-refractivity contribution is 0.0924. The Morgan fingerprint density at radius 2 is 1.71 bits per heavy atom. The van der Waals surface area contributed by atoms with Gasteiger partial charge in [0.15, 0.2) is 0 Å². The summed E-state index contributed by atoms with van der Waals surface area (Å²) in [7, 11) is -3.82. The number of hydrogen-bond acceptors (Lipinski definition) is 5. The lowest BCUT2D eigenvalue weighted by Crippen LogP contribution is -2.29. The molecule has 0 aliphatic carbocycles. The van der Waals surface area contributed by atoms with Crippen LogP contribution in [0.4, 0.5) is 11.4 Å². The number of nitrogens with zero attached hydrogens (tertiary/aromatic N) is 2. The standard InChI is InChI=1S/C20H15N3O4S/c1-13-6-2-3-10-17(13)28(26,27)22-14-7-4-8-15(12-14)23-19(24)16-9-5-11-21-18(16)20(23)25/h2-12,22H,1H3. The van der Waals surface area contributed by atoms with Crippen LogP contribution in [0.15, 0.2) is 71.8 Å². The first-order chi connectivity index (χ1) is 13.4. The second kappa shape index (κ2) is 6.58. The molecule has 0 saturated carbocycles. The zero-order valence-corrected chi connectivity index (χ0v) is 15.6. The Morgan fingerprint density at radius 1 is 0.929 bits per heavy atom.